The summed E-state index contributed by atoms with van der Waals surface area (Å²) in [5.74, 6) is -0.154. The minimum atomic E-state index is -3.58. The Hall–Kier alpha value is -2.38. The lowest BCUT2D eigenvalue weighted by molar-refractivity contribution is 0.596. The molecule has 0 spiro atoms. The Balaban J connectivity index is 2.28. The predicted octanol–water partition coefficient (Wildman–Crippen LogP) is 1.78. The maximum Gasteiger partial charge on any atom is 0.211 e. The molecule has 0 saturated heterocycles. The number of hydrogen-bond donors (Lipinski definition) is 2. The Morgan fingerprint density at radius 2 is 1.45 bits per heavy atom. The fourth-order valence-electron chi connectivity index (χ4n) is 1.65. The Morgan fingerprint density at radius 3 is 1.95 bits per heavy atom. The molecular formula is C14H13ClN4O2S. The molecule has 0 radical (unpaired) electrons. The van der Waals surface area contributed by atoms with Crippen LogP contribution in [0, 0.1) is 0 Å². The van der Waals surface area contributed by atoms with E-state index in [2.05, 4.69) is 10.2 Å². The largest absolute Gasteiger partial charge is 0.369 e. The van der Waals surface area contributed by atoms with Crippen molar-refractivity contribution in [3.8, 4) is 0 Å². The predicted molar refractivity (Wildman–Crippen MR) is 86.7 cm³/mol. The molecule has 2 aromatic carbocycles. The van der Waals surface area contributed by atoms with Crippen LogP contribution in [-0.4, -0.2) is 20.6 Å². The molecule has 0 aromatic heterocycles. The van der Waals surface area contributed by atoms with E-state index in [1.165, 1.54) is 42.6 Å². The number of guanidine groups is 1. The quantitative estimate of drug-likeness (QED) is 0.503. The number of rotatable bonds is 4. The van der Waals surface area contributed by atoms with Crippen LogP contribution in [0.3, 0.4) is 0 Å². The van der Waals surface area contributed by atoms with Crippen LogP contribution in [-0.2, 0) is 9.84 Å². The van der Waals surface area contributed by atoms with E-state index in [9.17, 15) is 8.42 Å². The number of nitrogens with zero attached hydrogens (tertiary/aromatic N) is 2. The molecule has 2 rings (SSSR count). The molecule has 0 aliphatic heterocycles. The molecule has 0 bridgehead atoms. The molecule has 4 N–H and O–H groups in total. The fraction of sp³-hybridized carbons (Fsp3) is 0. The first-order valence-electron chi connectivity index (χ1n) is 6.12. The second kappa shape index (κ2) is 6.59. The highest BCUT2D eigenvalue weighted by Gasteiger charge is 2.16. The van der Waals surface area contributed by atoms with Crippen molar-refractivity contribution in [1.82, 2.24) is 0 Å². The van der Waals surface area contributed by atoms with Crippen molar-refractivity contribution in [3.63, 3.8) is 0 Å². The second-order valence-corrected chi connectivity index (χ2v) is 6.68. The van der Waals surface area contributed by atoms with Gasteiger partial charge in [0.25, 0.3) is 0 Å². The lowest BCUT2D eigenvalue weighted by Gasteiger charge is -2.05. The highest BCUT2D eigenvalue weighted by molar-refractivity contribution is 7.91. The normalized spacial score (nSPS) is 11.5. The van der Waals surface area contributed by atoms with E-state index >= 15 is 0 Å². The third kappa shape index (κ3) is 3.84. The maximum absolute atomic E-state index is 12.4. The topological polar surface area (TPSA) is 111 Å². The van der Waals surface area contributed by atoms with Gasteiger partial charge in [-0.15, -0.1) is 5.10 Å². The molecule has 0 aliphatic carbocycles. The van der Waals surface area contributed by atoms with Crippen LogP contribution in [0.15, 0.2) is 68.5 Å². The number of halogens is 1. The number of nitrogens with two attached hydrogens (primary N) is 2. The summed E-state index contributed by atoms with van der Waals surface area (Å²) < 4.78 is 24.9. The van der Waals surface area contributed by atoms with Crippen LogP contribution in [0.5, 0.6) is 0 Å². The molecule has 0 aliphatic rings. The van der Waals surface area contributed by atoms with Gasteiger partial charge in [0, 0.05) is 5.02 Å². The Bertz CT molecular complexity index is 809. The van der Waals surface area contributed by atoms with Crippen LogP contribution in [0.4, 0.5) is 0 Å². The third-order valence-electron chi connectivity index (χ3n) is 2.69. The molecule has 0 fully saturated rings. The average molecular weight is 337 g/mol. The van der Waals surface area contributed by atoms with Gasteiger partial charge in [-0.3, -0.25) is 0 Å². The van der Waals surface area contributed by atoms with E-state index in [-0.39, 0.29) is 15.8 Å². The Labute approximate surface area is 133 Å². The van der Waals surface area contributed by atoms with Crippen molar-refractivity contribution in [3.05, 3.63) is 59.1 Å². The van der Waals surface area contributed by atoms with E-state index in [0.717, 1.165) is 0 Å². The van der Waals surface area contributed by atoms with Crippen LogP contribution in [0.25, 0.3) is 0 Å². The van der Waals surface area contributed by atoms with E-state index in [1.807, 2.05) is 0 Å². The highest BCUT2D eigenvalue weighted by atomic mass is 35.5. The first kappa shape index (κ1) is 16.0. The van der Waals surface area contributed by atoms with Crippen molar-refractivity contribution < 1.29 is 8.42 Å². The van der Waals surface area contributed by atoms with E-state index < -0.39 is 9.84 Å². The smallest absolute Gasteiger partial charge is 0.211 e. The summed E-state index contributed by atoms with van der Waals surface area (Å²) in [6.07, 6.45) is 1.42. The third-order valence-corrected chi connectivity index (χ3v) is 4.73. The first-order chi connectivity index (χ1) is 10.4. The maximum atomic E-state index is 12.4. The van der Waals surface area contributed by atoms with Gasteiger partial charge >= 0.3 is 0 Å². The molecule has 0 amide bonds. The van der Waals surface area contributed by atoms with Crippen molar-refractivity contribution in [1.29, 1.82) is 0 Å². The van der Waals surface area contributed by atoms with Gasteiger partial charge in [0.15, 0.2) is 0 Å². The van der Waals surface area contributed by atoms with Gasteiger partial charge < -0.3 is 11.5 Å². The van der Waals surface area contributed by atoms with Crippen LogP contribution >= 0.6 is 11.6 Å². The van der Waals surface area contributed by atoms with E-state index in [4.69, 9.17) is 23.1 Å². The molecule has 0 heterocycles. The summed E-state index contributed by atoms with van der Waals surface area (Å²) in [5, 5.41) is 7.58. The van der Waals surface area contributed by atoms with Gasteiger partial charge in [-0.1, -0.05) is 23.7 Å². The first-order valence-corrected chi connectivity index (χ1v) is 7.98. The monoisotopic (exact) mass is 336 g/mol. The van der Waals surface area contributed by atoms with Gasteiger partial charge in [0.05, 0.1) is 16.0 Å². The Kier molecular flexibility index (Phi) is 4.79. The molecular weight excluding hydrogens is 324 g/mol. The van der Waals surface area contributed by atoms with Crippen molar-refractivity contribution >= 4 is 33.6 Å². The highest BCUT2D eigenvalue weighted by Crippen LogP contribution is 2.22. The SMILES string of the molecule is NC(N)=NN=Cc1ccc(S(=O)(=O)c2ccc(Cl)cc2)cc1. The lowest BCUT2D eigenvalue weighted by Crippen LogP contribution is -2.21. The molecule has 0 atom stereocenters. The Morgan fingerprint density at radius 1 is 0.955 bits per heavy atom. The zero-order valence-electron chi connectivity index (χ0n) is 11.3. The molecule has 114 valence electrons. The van der Waals surface area contributed by atoms with Gasteiger partial charge in [-0.2, -0.15) is 5.10 Å². The van der Waals surface area contributed by atoms with E-state index in [1.54, 1.807) is 12.1 Å². The van der Waals surface area contributed by atoms with Crippen LogP contribution in [0.2, 0.25) is 5.02 Å². The van der Waals surface area contributed by atoms with Gasteiger partial charge in [-0.25, -0.2) is 8.42 Å². The number of hydrogen-bond acceptors (Lipinski definition) is 4. The van der Waals surface area contributed by atoms with Gasteiger partial charge in [0.2, 0.25) is 15.8 Å². The number of benzene rings is 2. The summed E-state index contributed by atoms with van der Waals surface area (Å²) in [4.78, 5) is 0.354. The zero-order chi connectivity index (χ0) is 16.2. The van der Waals surface area contributed by atoms with Crippen LogP contribution < -0.4 is 11.5 Å². The lowest BCUT2D eigenvalue weighted by atomic mass is 10.2. The van der Waals surface area contributed by atoms with Gasteiger partial charge in [0.1, 0.15) is 0 Å². The summed E-state index contributed by atoms with van der Waals surface area (Å²) >= 11 is 5.76. The minimum Gasteiger partial charge on any atom is -0.369 e. The molecule has 6 nitrogen and oxygen atoms in total. The van der Waals surface area contributed by atoms with Crippen molar-refractivity contribution in [2.24, 2.45) is 21.7 Å². The molecule has 0 saturated carbocycles. The minimum absolute atomic E-state index is 0.154. The summed E-state index contributed by atoms with van der Waals surface area (Å²) in [5.41, 5.74) is 10.9. The molecule has 0 unspecified atom stereocenters. The molecule has 8 heteroatoms. The summed E-state index contributed by atoms with van der Waals surface area (Å²) in [6.45, 7) is 0. The zero-order valence-corrected chi connectivity index (χ0v) is 12.9. The summed E-state index contributed by atoms with van der Waals surface area (Å²) in [6, 6.07) is 12.2. The fourth-order valence-corrected chi connectivity index (χ4v) is 3.03. The molecule has 22 heavy (non-hydrogen) atoms. The van der Waals surface area contributed by atoms with Gasteiger partial charge in [-0.05, 0) is 42.0 Å². The number of sulfone groups is 1. The second-order valence-electron chi connectivity index (χ2n) is 4.30. The van der Waals surface area contributed by atoms with Crippen LogP contribution in [0.1, 0.15) is 5.56 Å². The van der Waals surface area contributed by atoms with Crippen molar-refractivity contribution in [2.75, 3.05) is 0 Å². The summed E-state index contributed by atoms with van der Waals surface area (Å²) in [7, 11) is -3.58. The molecule has 2 aromatic rings. The van der Waals surface area contributed by atoms with Crippen molar-refractivity contribution in [2.45, 2.75) is 9.79 Å². The standard InChI is InChI=1S/C14H13ClN4O2S/c15-11-3-7-13(8-4-11)22(20,21)12-5-1-10(2-6-12)9-18-19-14(16)17/h1-9H,(H4,16,17,19). The average Bonchev–Trinajstić information content (AvgIpc) is 2.48. The van der Waals surface area contributed by atoms with E-state index in [0.29, 0.717) is 10.6 Å².